The van der Waals surface area contributed by atoms with Crippen molar-refractivity contribution < 1.29 is 4.79 Å². The molecule has 0 saturated heterocycles. The molecule has 0 unspecified atom stereocenters. The number of hydrogen-bond donors (Lipinski definition) is 1. The zero-order valence-electron chi connectivity index (χ0n) is 14.6. The van der Waals surface area contributed by atoms with Gasteiger partial charge in [0.15, 0.2) is 11.0 Å². The van der Waals surface area contributed by atoms with E-state index in [0.29, 0.717) is 17.5 Å². The van der Waals surface area contributed by atoms with Crippen LogP contribution >= 0.6 is 11.8 Å². The summed E-state index contributed by atoms with van der Waals surface area (Å²) in [7, 11) is 0. The van der Waals surface area contributed by atoms with Gasteiger partial charge in [-0.3, -0.25) is 14.3 Å². The minimum absolute atomic E-state index is 0.176. The number of nitrogens with one attached hydrogen (secondary N) is 1. The Morgan fingerprint density at radius 2 is 2.23 bits per heavy atom. The average Bonchev–Trinajstić information content (AvgIpc) is 3.44. The maximum atomic E-state index is 12.3. The molecule has 8 heteroatoms. The largest absolute Gasteiger partial charge is 0.337 e. The molecule has 0 radical (unpaired) electrons. The van der Waals surface area contributed by atoms with Gasteiger partial charge in [-0.25, -0.2) is 0 Å². The number of hydrogen-bond acceptors (Lipinski definition) is 6. The quantitative estimate of drug-likeness (QED) is 0.568. The summed E-state index contributed by atoms with van der Waals surface area (Å²) < 4.78 is 1.91. The number of allylic oxidation sites excluding steroid dienone is 1. The van der Waals surface area contributed by atoms with Gasteiger partial charge < -0.3 is 5.32 Å². The van der Waals surface area contributed by atoms with Crippen LogP contribution in [0.2, 0.25) is 0 Å². The number of thioether (sulfide) groups is 1. The van der Waals surface area contributed by atoms with E-state index in [1.54, 1.807) is 25.4 Å². The van der Waals surface area contributed by atoms with Gasteiger partial charge in [-0.05, 0) is 37.8 Å². The molecule has 1 atom stereocenters. The second kappa shape index (κ2) is 7.70. The summed E-state index contributed by atoms with van der Waals surface area (Å²) in [6.45, 7) is 6.10. The Bertz CT molecular complexity index is 839. The standard InChI is InChI=1S/C18H20N6OS/c1-3-10-24-16(13-6-8-20-9-7-13)22-23-17(24)26-11-15(25)21-18(2,12-19)14-4-5-14/h3,6-9,14H,1,4-5,10-11H2,2H3,(H,21,25)/t18-/m0/s1. The van der Waals surface area contributed by atoms with E-state index < -0.39 is 5.54 Å². The second-order valence-electron chi connectivity index (χ2n) is 6.37. The monoisotopic (exact) mass is 368 g/mol. The van der Waals surface area contributed by atoms with Gasteiger partial charge in [0, 0.05) is 24.5 Å². The molecule has 3 rings (SSSR count). The van der Waals surface area contributed by atoms with Gasteiger partial charge >= 0.3 is 0 Å². The molecule has 2 heterocycles. The number of nitrogens with zero attached hydrogens (tertiary/aromatic N) is 5. The third kappa shape index (κ3) is 3.94. The first-order chi connectivity index (χ1) is 12.6. The van der Waals surface area contributed by atoms with Crippen LogP contribution in [0.3, 0.4) is 0 Å². The number of amides is 1. The normalized spacial score (nSPS) is 15.7. The molecule has 2 aromatic rings. The molecule has 2 aromatic heterocycles. The van der Waals surface area contributed by atoms with Gasteiger partial charge in [0.25, 0.3) is 0 Å². The Labute approximate surface area is 156 Å². The van der Waals surface area contributed by atoms with Crippen molar-refractivity contribution >= 4 is 17.7 Å². The summed E-state index contributed by atoms with van der Waals surface area (Å²) in [4.78, 5) is 16.3. The van der Waals surface area contributed by atoms with Gasteiger partial charge in [-0.15, -0.1) is 16.8 Å². The molecule has 1 N–H and O–H groups in total. The number of pyridine rings is 1. The van der Waals surface area contributed by atoms with E-state index in [9.17, 15) is 10.1 Å². The SMILES string of the molecule is C=CCn1c(SCC(=O)N[C@@](C)(C#N)C2CC2)nnc1-c1ccncc1. The Balaban J connectivity index is 1.70. The number of carbonyl (C=O) groups is 1. The lowest BCUT2D eigenvalue weighted by atomic mass is 9.98. The molecule has 1 aliphatic rings. The van der Waals surface area contributed by atoms with E-state index in [-0.39, 0.29) is 17.6 Å². The highest BCUT2D eigenvalue weighted by atomic mass is 32.2. The zero-order chi connectivity index (χ0) is 18.6. The fourth-order valence-corrected chi connectivity index (χ4v) is 3.49. The fourth-order valence-electron chi connectivity index (χ4n) is 2.74. The van der Waals surface area contributed by atoms with Crippen LogP contribution in [-0.2, 0) is 11.3 Å². The van der Waals surface area contributed by atoms with Crippen molar-refractivity contribution in [1.82, 2.24) is 25.1 Å². The molecule has 1 amide bonds. The van der Waals surface area contributed by atoms with Crippen molar-refractivity contribution in [1.29, 1.82) is 5.26 Å². The van der Waals surface area contributed by atoms with Crippen molar-refractivity contribution in [3.05, 3.63) is 37.2 Å². The predicted molar refractivity (Wildman–Crippen MR) is 99.1 cm³/mol. The average molecular weight is 368 g/mol. The Hall–Kier alpha value is -2.66. The molecule has 0 aromatic carbocycles. The van der Waals surface area contributed by atoms with E-state index in [1.807, 2.05) is 16.7 Å². The Morgan fingerprint density at radius 3 is 2.85 bits per heavy atom. The number of nitriles is 1. The molecule has 7 nitrogen and oxygen atoms in total. The van der Waals surface area contributed by atoms with Gasteiger partial charge in [-0.1, -0.05) is 17.8 Å². The van der Waals surface area contributed by atoms with Crippen LogP contribution in [0.5, 0.6) is 0 Å². The third-order valence-electron chi connectivity index (χ3n) is 4.32. The number of rotatable bonds is 8. The van der Waals surface area contributed by atoms with E-state index in [1.165, 1.54) is 11.8 Å². The lowest BCUT2D eigenvalue weighted by Gasteiger charge is -2.22. The van der Waals surface area contributed by atoms with E-state index in [2.05, 4.69) is 33.1 Å². The Kier molecular flexibility index (Phi) is 5.38. The second-order valence-corrected chi connectivity index (χ2v) is 7.31. The van der Waals surface area contributed by atoms with Crippen LogP contribution in [0.15, 0.2) is 42.3 Å². The molecule has 134 valence electrons. The highest BCUT2D eigenvalue weighted by Gasteiger charge is 2.42. The summed E-state index contributed by atoms with van der Waals surface area (Å²) in [5.74, 6) is 0.957. The molecular formula is C18H20N6OS. The van der Waals surface area contributed by atoms with Crippen LogP contribution in [0.25, 0.3) is 11.4 Å². The number of carbonyl (C=O) groups excluding carboxylic acids is 1. The molecule has 1 aliphatic carbocycles. The number of aromatic nitrogens is 4. The van der Waals surface area contributed by atoms with E-state index in [0.717, 1.165) is 18.4 Å². The summed E-state index contributed by atoms with van der Waals surface area (Å²) in [6.07, 6.45) is 7.13. The smallest absolute Gasteiger partial charge is 0.231 e. The lowest BCUT2D eigenvalue weighted by molar-refractivity contribution is -0.119. The maximum Gasteiger partial charge on any atom is 0.231 e. The van der Waals surface area contributed by atoms with Crippen molar-refractivity contribution in [2.75, 3.05) is 5.75 Å². The minimum Gasteiger partial charge on any atom is -0.337 e. The summed E-state index contributed by atoms with van der Waals surface area (Å²) in [6, 6.07) is 5.95. The van der Waals surface area contributed by atoms with E-state index >= 15 is 0 Å². The lowest BCUT2D eigenvalue weighted by Crippen LogP contribution is -2.47. The van der Waals surface area contributed by atoms with Crippen molar-refractivity contribution in [3.8, 4) is 17.5 Å². The first-order valence-electron chi connectivity index (χ1n) is 8.37. The van der Waals surface area contributed by atoms with Crippen molar-refractivity contribution in [2.24, 2.45) is 5.92 Å². The highest BCUT2D eigenvalue weighted by Crippen LogP contribution is 2.39. The van der Waals surface area contributed by atoms with Crippen molar-refractivity contribution in [3.63, 3.8) is 0 Å². The van der Waals surface area contributed by atoms with Crippen LogP contribution in [0.1, 0.15) is 19.8 Å². The molecule has 0 spiro atoms. The summed E-state index contributed by atoms with van der Waals surface area (Å²) in [5.41, 5.74) is 0.116. The summed E-state index contributed by atoms with van der Waals surface area (Å²) >= 11 is 1.30. The van der Waals surface area contributed by atoms with Crippen LogP contribution < -0.4 is 5.32 Å². The maximum absolute atomic E-state index is 12.3. The third-order valence-corrected chi connectivity index (χ3v) is 5.29. The molecule has 26 heavy (non-hydrogen) atoms. The summed E-state index contributed by atoms with van der Waals surface area (Å²) in [5, 5.41) is 21.3. The first-order valence-corrected chi connectivity index (χ1v) is 9.35. The van der Waals surface area contributed by atoms with E-state index in [4.69, 9.17) is 0 Å². The first kappa shape index (κ1) is 18.1. The fraction of sp³-hybridized carbons (Fsp3) is 0.389. The molecule has 1 fully saturated rings. The molecule has 1 saturated carbocycles. The molecule has 0 aliphatic heterocycles. The minimum atomic E-state index is -0.783. The van der Waals surface area contributed by atoms with Gasteiger partial charge in [-0.2, -0.15) is 5.26 Å². The van der Waals surface area contributed by atoms with Crippen LogP contribution in [0, 0.1) is 17.2 Å². The topological polar surface area (TPSA) is 96.5 Å². The zero-order valence-corrected chi connectivity index (χ0v) is 15.4. The van der Waals surface area contributed by atoms with Gasteiger partial charge in [0.05, 0.1) is 11.8 Å². The van der Waals surface area contributed by atoms with Crippen LogP contribution in [0.4, 0.5) is 0 Å². The van der Waals surface area contributed by atoms with Gasteiger partial charge in [0.1, 0.15) is 5.54 Å². The van der Waals surface area contributed by atoms with Crippen LogP contribution in [-0.4, -0.2) is 36.9 Å². The van der Waals surface area contributed by atoms with Crippen molar-refractivity contribution in [2.45, 2.75) is 37.0 Å². The Morgan fingerprint density at radius 1 is 1.50 bits per heavy atom. The molecular weight excluding hydrogens is 348 g/mol. The highest BCUT2D eigenvalue weighted by molar-refractivity contribution is 7.99. The van der Waals surface area contributed by atoms with Gasteiger partial charge in [0.2, 0.25) is 5.91 Å². The molecule has 0 bridgehead atoms. The predicted octanol–water partition coefficient (Wildman–Crippen LogP) is 2.43.